The molecule has 9 heteroatoms. The summed E-state index contributed by atoms with van der Waals surface area (Å²) in [6, 6.07) is 2.48. The largest absolute Gasteiger partial charge is 0.480 e. The highest BCUT2D eigenvalue weighted by molar-refractivity contribution is 5.93. The van der Waals surface area contributed by atoms with Crippen molar-refractivity contribution in [3.8, 4) is 0 Å². The summed E-state index contributed by atoms with van der Waals surface area (Å²) >= 11 is 0. The molecule has 1 heterocycles. The number of carbonyl (C=O) groups is 2. The van der Waals surface area contributed by atoms with E-state index in [1.807, 2.05) is 0 Å². The van der Waals surface area contributed by atoms with Gasteiger partial charge in [-0.25, -0.2) is 9.18 Å². The number of hydrogen-bond donors (Lipinski definition) is 3. The second-order valence-corrected chi connectivity index (χ2v) is 5.87. The van der Waals surface area contributed by atoms with E-state index in [4.69, 9.17) is 10.2 Å². The molecular weight excluding hydrogens is 345 g/mol. The minimum atomic E-state index is -1.36. The molecule has 1 aromatic carbocycles. The van der Waals surface area contributed by atoms with Gasteiger partial charge in [-0.2, -0.15) is 0 Å². The van der Waals surface area contributed by atoms with Gasteiger partial charge in [0.25, 0.3) is 0 Å². The number of likely N-dealkylation sites (N-methyl/N-ethyl adjacent to an activating group) is 1. The van der Waals surface area contributed by atoms with Crippen LogP contribution in [-0.4, -0.2) is 58.3 Å². The van der Waals surface area contributed by atoms with Crippen LogP contribution in [0.4, 0.5) is 10.1 Å². The third-order valence-corrected chi connectivity index (χ3v) is 3.95. The van der Waals surface area contributed by atoms with Gasteiger partial charge in [-0.3, -0.25) is 14.5 Å². The Balaban J connectivity index is 2.34. The first-order valence-electron chi connectivity index (χ1n) is 7.98. The molecule has 0 saturated heterocycles. The number of nitrogens with one attached hydrogen (secondary N) is 1. The lowest BCUT2D eigenvalue weighted by Gasteiger charge is -2.16. The number of aliphatic carboxylic acids is 1. The molecule has 8 nitrogen and oxygen atoms in total. The highest BCUT2D eigenvalue weighted by Gasteiger charge is 2.16. The summed E-state index contributed by atoms with van der Waals surface area (Å²) in [5, 5.41) is 20.7. The molecule has 0 aliphatic carbocycles. The van der Waals surface area contributed by atoms with E-state index < -0.39 is 28.7 Å². The van der Waals surface area contributed by atoms with Crippen molar-refractivity contribution in [2.24, 2.45) is 0 Å². The van der Waals surface area contributed by atoms with Crippen LogP contribution in [0.25, 0.3) is 10.9 Å². The van der Waals surface area contributed by atoms with Gasteiger partial charge in [-0.15, -0.1) is 0 Å². The van der Waals surface area contributed by atoms with Crippen LogP contribution in [-0.2, 0) is 11.3 Å². The van der Waals surface area contributed by atoms with E-state index in [0.717, 1.165) is 6.07 Å². The van der Waals surface area contributed by atoms with Crippen molar-refractivity contribution >= 4 is 28.5 Å². The molecule has 140 valence electrons. The molecule has 0 aliphatic heterocycles. The topological polar surface area (TPSA) is 112 Å². The molecule has 1 aromatic heterocycles. The van der Waals surface area contributed by atoms with Gasteiger partial charge in [0.1, 0.15) is 11.4 Å². The van der Waals surface area contributed by atoms with Crippen molar-refractivity contribution in [3.63, 3.8) is 0 Å². The Morgan fingerprint density at radius 2 is 2.00 bits per heavy atom. The Morgan fingerprint density at radius 1 is 1.31 bits per heavy atom. The number of hydrogen-bond acceptors (Lipinski definition) is 5. The first-order chi connectivity index (χ1) is 12.2. The van der Waals surface area contributed by atoms with Gasteiger partial charge in [0.2, 0.25) is 5.43 Å². The maximum atomic E-state index is 14.3. The molecule has 0 amide bonds. The molecule has 0 spiro atoms. The monoisotopic (exact) mass is 365 g/mol. The Hall–Kier alpha value is -2.94. The number of aromatic carboxylic acids is 1. The molecule has 0 bridgehead atoms. The van der Waals surface area contributed by atoms with Crippen molar-refractivity contribution in [1.29, 1.82) is 0 Å². The number of carboxylic acid groups (broad SMARTS) is 2. The third kappa shape index (κ3) is 4.17. The summed E-state index contributed by atoms with van der Waals surface area (Å²) in [6.45, 7) is 2.74. The molecule has 26 heavy (non-hydrogen) atoms. The molecule has 2 aromatic rings. The average molecular weight is 365 g/mol. The van der Waals surface area contributed by atoms with Crippen LogP contribution < -0.4 is 10.7 Å². The zero-order valence-electron chi connectivity index (χ0n) is 14.5. The summed E-state index contributed by atoms with van der Waals surface area (Å²) in [4.78, 5) is 35.7. The molecule has 0 atom stereocenters. The molecular formula is C17H20FN3O5. The number of halogens is 1. The zero-order chi connectivity index (χ0) is 19.4. The third-order valence-electron chi connectivity index (χ3n) is 3.95. The van der Waals surface area contributed by atoms with E-state index in [1.165, 1.54) is 12.3 Å². The Morgan fingerprint density at radius 3 is 2.58 bits per heavy atom. The lowest BCUT2D eigenvalue weighted by atomic mass is 10.1. The summed E-state index contributed by atoms with van der Waals surface area (Å²) in [5.74, 6) is -2.99. The Kier molecular flexibility index (Phi) is 5.93. The molecule has 0 saturated carbocycles. The van der Waals surface area contributed by atoms with Crippen LogP contribution in [0.3, 0.4) is 0 Å². The minimum absolute atomic E-state index is 0.00204. The quantitative estimate of drug-likeness (QED) is 0.646. The smallest absolute Gasteiger partial charge is 0.341 e. The van der Waals surface area contributed by atoms with Crippen molar-refractivity contribution < 1.29 is 24.2 Å². The number of aryl methyl sites for hydroxylation is 1. The number of benzene rings is 1. The zero-order valence-corrected chi connectivity index (χ0v) is 14.5. The fraction of sp³-hybridized carbons (Fsp3) is 0.353. The molecule has 0 aliphatic rings. The fourth-order valence-corrected chi connectivity index (χ4v) is 2.65. The van der Waals surface area contributed by atoms with Crippen molar-refractivity contribution in [1.82, 2.24) is 9.47 Å². The van der Waals surface area contributed by atoms with E-state index in [1.54, 1.807) is 23.4 Å². The summed E-state index contributed by atoms with van der Waals surface area (Å²) < 4.78 is 15.9. The molecule has 2 rings (SSSR count). The molecule has 0 fully saturated rings. The van der Waals surface area contributed by atoms with Gasteiger partial charge < -0.3 is 20.1 Å². The number of pyridine rings is 1. The summed E-state index contributed by atoms with van der Waals surface area (Å²) in [6.07, 6.45) is 1.25. The van der Waals surface area contributed by atoms with E-state index in [9.17, 15) is 18.8 Å². The van der Waals surface area contributed by atoms with Crippen LogP contribution in [0.15, 0.2) is 23.1 Å². The van der Waals surface area contributed by atoms with Crippen LogP contribution in [0.5, 0.6) is 0 Å². The number of carboxylic acids is 2. The predicted octanol–water partition coefficient (Wildman–Crippen LogP) is 1.29. The lowest BCUT2D eigenvalue weighted by Crippen LogP contribution is -2.30. The highest BCUT2D eigenvalue weighted by Crippen LogP contribution is 2.22. The lowest BCUT2D eigenvalue weighted by molar-refractivity contribution is -0.137. The normalized spacial score (nSPS) is 11.1. The number of rotatable bonds is 8. The van der Waals surface area contributed by atoms with E-state index in [2.05, 4.69) is 5.32 Å². The molecule has 3 N–H and O–H groups in total. The van der Waals surface area contributed by atoms with Crippen molar-refractivity contribution in [3.05, 3.63) is 39.9 Å². The summed E-state index contributed by atoms with van der Waals surface area (Å²) in [5.41, 5.74) is -0.560. The standard InChI is InChI=1S/C17H20FN3O5/c1-3-21-8-11(17(25)26)16(24)10-6-12(18)13(7-14(10)21)19-4-5-20(2)9-15(22)23/h6-8,19H,3-5,9H2,1-2H3,(H,22,23)(H,25,26). The number of aromatic nitrogens is 1. The second kappa shape index (κ2) is 7.96. The minimum Gasteiger partial charge on any atom is -0.480 e. The maximum absolute atomic E-state index is 14.3. The Bertz CT molecular complexity index is 909. The average Bonchev–Trinajstić information content (AvgIpc) is 2.55. The van der Waals surface area contributed by atoms with Crippen molar-refractivity contribution in [2.75, 3.05) is 32.0 Å². The van der Waals surface area contributed by atoms with Gasteiger partial charge in [-0.05, 0) is 26.1 Å². The van der Waals surface area contributed by atoms with Gasteiger partial charge in [-0.1, -0.05) is 0 Å². The fourth-order valence-electron chi connectivity index (χ4n) is 2.65. The molecule has 0 unspecified atom stereocenters. The maximum Gasteiger partial charge on any atom is 0.341 e. The van der Waals surface area contributed by atoms with Gasteiger partial charge >= 0.3 is 11.9 Å². The first kappa shape index (κ1) is 19.4. The van der Waals surface area contributed by atoms with Gasteiger partial charge in [0.15, 0.2) is 0 Å². The number of nitrogens with zero attached hydrogens (tertiary/aromatic N) is 2. The van der Waals surface area contributed by atoms with E-state index in [-0.39, 0.29) is 17.6 Å². The van der Waals surface area contributed by atoms with Gasteiger partial charge in [0.05, 0.1) is 17.7 Å². The van der Waals surface area contributed by atoms with Crippen LogP contribution in [0.1, 0.15) is 17.3 Å². The first-order valence-corrected chi connectivity index (χ1v) is 7.98. The van der Waals surface area contributed by atoms with Crippen LogP contribution in [0.2, 0.25) is 0 Å². The van der Waals surface area contributed by atoms with Crippen molar-refractivity contribution in [2.45, 2.75) is 13.5 Å². The van der Waals surface area contributed by atoms with Crippen LogP contribution >= 0.6 is 0 Å². The number of fused-ring (bicyclic) bond motifs is 1. The van der Waals surface area contributed by atoms with Gasteiger partial charge in [0, 0.05) is 31.2 Å². The second-order valence-electron chi connectivity index (χ2n) is 5.87. The van der Waals surface area contributed by atoms with Crippen LogP contribution in [0, 0.1) is 5.82 Å². The van der Waals surface area contributed by atoms with E-state index in [0.29, 0.717) is 25.2 Å². The van der Waals surface area contributed by atoms with E-state index >= 15 is 0 Å². The Labute approximate surface area is 148 Å². The SMILES string of the molecule is CCn1cc(C(=O)O)c(=O)c2cc(F)c(NCCN(C)CC(=O)O)cc21. The molecule has 0 radical (unpaired) electrons. The number of anilines is 1. The summed E-state index contributed by atoms with van der Waals surface area (Å²) in [7, 11) is 1.63. The predicted molar refractivity (Wildman–Crippen MR) is 94.4 cm³/mol. The highest BCUT2D eigenvalue weighted by atomic mass is 19.1.